The Morgan fingerprint density at radius 1 is 1.11 bits per heavy atom. The summed E-state index contributed by atoms with van der Waals surface area (Å²) in [5.41, 5.74) is 1.87. The lowest BCUT2D eigenvalue weighted by Crippen LogP contribution is -2.40. The van der Waals surface area contributed by atoms with Gasteiger partial charge in [0.05, 0.1) is 23.7 Å². The number of halogens is 3. The summed E-state index contributed by atoms with van der Waals surface area (Å²) in [7, 11) is 3.45. The number of rotatable bonds is 12. The van der Waals surface area contributed by atoms with Crippen LogP contribution in [0.3, 0.4) is 0 Å². The van der Waals surface area contributed by atoms with Gasteiger partial charge in [0, 0.05) is 42.3 Å². The molecule has 3 heterocycles. The fourth-order valence-electron chi connectivity index (χ4n) is 5.66. The molecule has 0 aliphatic rings. The predicted molar refractivity (Wildman–Crippen MR) is 167 cm³/mol. The third-order valence-corrected chi connectivity index (χ3v) is 7.83. The molecule has 4 rings (SSSR count). The van der Waals surface area contributed by atoms with E-state index in [2.05, 4.69) is 15.4 Å². The van der Waals surface area contributed by atoms with Crippen molar-refractivity contribution in [3.63, 3.8) is 0 Å². The van der Waals surface area contributed by atoms with Gasteiger partial charge in [-0.05, 0) is 69.5 Å². The molecule has 0 saturated carbocycles. The third-order valence-electron chi connectivity index (χ3n) is 7.83. The van der Waals surface area contributed by atoms with E-state index in [0.29, 0.717) is 23.0 Å². The van der Waals surface area contributed by atoms with Crippen molar-refractivity contribution >= 4 is 17.5 Å². The van der Waals surface area contributed by atoms with E-state index < -0.39 is 47.7 Å². The topological polar surface area (TPSA) is 122 Å². The molecule has 2 N–H and O–H groups in total. The molecule has 0 fully saturated rings. The third kappa shape index (κ3) is 7.82. The maximum absolute atomic E-state index is 14.1. The van der Waals surface area contributed by atoms with Crippen molar-refractivity contribution in [2.24, 2.45) is 5.92 Å². The van der Waals surface area contributed by atoms with Gasteiger partial charge in [-0.3, -0.25) is 14.4 Å². The number of imidazole rings is 1. The van der Waals surface area contributed by atoms with Gasteiger partial charge in [-0.15, -0.1) is 0 Å². The first-order chi connectivity index (χ1) is 21.6. The first kappa shape index (κ1) is 34.4. The van der Waals surface area contributed by atoms with Crippen LogP contribution in [0.4, 0.5) is 13.2 Å². The zero-order chi connectivity index (χ0) is 33.9. The fourth-order valence-corrected chi connectivity index (χ4v) is 5.66. The molecule has 46 heavy (non-hydrogen) atoms. The van der Waals surface area contributed by atoms with Crippen molar-refractivity contribution in [3.8, 4) is 11.3 Å². The quantitative estimate of drug-likeness (QED) is 0.218. The highest BCUT2D eigenvalue weighted by Crippen LogP contribution is 2.33. The number of carboxylic acid groups (broad SMARTS) is 1. The number of nitrogens with zero attached hydrogens (tertiary/aromatic N) is 5. The molecule has 0 unspecified atom stereocenters. The van der Waals surface area contributed by atoms with Crippen molar-refractivity contribution < 1.29 is 27.9 Å². The van der Waals surface area contributed by atoms with Gasteiger partial charge < -0.3 is 19.9 Å². The second-order valence-corrected chi connectivity index (χ2v) is 12.3. The van der Waals surface area contributed by atoms with Crippen LogP contribution in [0, 0.1) is 19.8 Å². The number of carboxylic acids is 1. The Bertz CT molecular complexity index is 1770. The van der Waals surface area contributed by atoms with Crippen molar-refractivity contribution in [2.45, 2.75) is 65.2 Å². The predicted octanol–water partition coefficient (Wildman–Crippen LogP) is 5.22. The summed E-state index contributed by atoms with van der Waals surface area (Å²) < 4.78 is 44.3. The molecule has 1 aromatic carbocycles. The van der Waals surface area contributed by atoms with Crippen molar-refractivity contribution in [1.82, 2.24) is 29.4 Å². The van der Waals surface area contributed by atoms with Gasteiger partial charge in [-0.1, -0.05) is 32.0 Å². The van der Waals surface area contributed by atoms with Gasteiger partial charge in [0.25, 0.3) is 5.56 Å². The van der Waals surface area contributed by atoms with Gasteiger partial charge in [0.1, 0.15) is 6.04 Å². The first-order valence-electron chi connectivity index (χ1n) is 15.0. The second kappa shape index (κ2) is 13.9. The van der Waals surface area contributed by atoms with Gasteiger partial charge in [0.2, 0.25) is 5.91 Å². The van der Waals surface area contributed by atoms with Crippen LogP contribution in [-0.2, 0) is 22.2 Å². The Kier molecular flexibility index (Phi) is 10.3. The number of carbonyl (C=O) groups excluding carboxylic acids is 1. The second-order valence-electron chi connectivity index (χ2n) is 12.3. The van der Waals surface area contributed by atoms with E-state index in [-0.39, 0.29) is 30.9 Å². The molecule has 4 aromatic rings. The lowest BCUT2D eigenvalue weighted by atomic mass is 9.96. The van der Waals surface area contributed by atoms with E-state index >= 15 is 0 Å². The number of aromatic nitrogens is 4. The van der Waals surface area contributed by atoms with Gasteiger partial charge in [-0.2, -0.15) is 18.3 Å². The highest BCUT2D eigenvalue weighted by molar-refractivity contribution is 5.82. The molecule has 0 aliphatic carbocycles. The highest BCUT2D eigenvalue weighted by atomic mass is 19.4. The molecule has 10 nitrogen and oxygen atoms in total. The minimum atomic E-state index is -4.76. The zero-order valence-corrected chi connectivity index (χ0v) is 26.7. The van der Waals surface area contributed by atoms with Crippen molar-refractivity contribution in [3.05, 3.63) is 87.1 Å². The molecule has 2 atom stereocenters. The lowest BCUT2D eigenvalue weighted by molar-refractivity contribution is -0.139. The maximum atomic E-state index is 14.1. The molecule has 0 aliphatic heterocycles. The monoisotopic (exact) mass is 640 g/mol. The minimum absolute atomic E-state index is 0.00421. The van der Waals surface area contributed by atoms with Crippen LogP contribution in [0.15, 0.2) is 53.7 Å². The van der Waals surface area contributed by atoms with Crippen LogP contribution in [0.5, 0.6) is 0 Å². The molecular formula is C33H39F3N6O4. The Morgan fingerprint density at radius 3 is 2.37 bits per heavy atom. The number of carbonyl (C=O) groups is 2. The fraction of sp³-hybridized carbons (Fsp3) is 0.424. The molecule has 3 aromatic heterocycles. The summed E-state index contributed by atoms with van der Waals surface area (Å²) in [5.74, 6) is -2.03. The van der Waals surface area contributed by atoms with Gasteiger partial charge in [0.15, 0.2) is 5.65 Å². The van der Waals surface area contributed by atoms with Crippen molar-refractivity contribution in [1.29, 1.82) is 0 Å². The van der Waals surface area contributed by atoms with Crippen LogP contribution in [0.1, 0.15) is 66.6 Å². The van der Waals surface area contributed by atoms with Crippen LogP contribution < -0.4 is 10.9 Å². The number of pyridine rings is 1. The SMILES string of the molecule is Cc1cccc(C)c1-c1cc([C@H](CC(=O)O)NC(=O)[C@H](CC(C)C)n2cc(CCN(C)C)c(C(F)(F)F)cc2=O)c2nccn2n1. The number of aryl methyl sites for hydroxylation is 2. The normalized spacial score (nSPS) is 13.4. The Labute approximate surface area is 264 Å². The Morgan fingerprint density at radius 2 is 1.78 bits per heavy atom. The van der Waals surface area contributed by atoms with Gasteiger partial charge in [-0.25, -0.2) is 9.50 Å². The summed E-state index contributed by atoms with van der Waals surface area (Å²) in [6, 6.07) is 5.71. The number of benzene rings is 1. The largest absolute Gasteiger partial charge is 0.481 e. The molecule has 13 heteroatoms. The summed E-state index contributed by atoms with van der Waals surface area (Å²) in [6.45, 7) is 7.80. The molecule has 0 bridgehead atoms. The molecule has 0 spiro atoms. The number of aliphatic carboxylic acids is 1. The summed E-state index contributed by atoms with van der Waals surface area (Å²) in [5, 5.41) is 17.4. The Hall–Kier alpha value is -4.52. The van der Waals surface area contributed by atoms with E-state index in [1.165, 1.54) is 10.7 Å². The molecular weight excluding hydrogens is 601 g/mol. The number of hydrogen-bond acceptors (Lipinski definition) is 6. The van der Waals surface area contributed by atoms with Crippen LogP contribution in [0.2, 0.25) is 0 Å². The average Bonchev–Trinajstić information content (AvgIpc) is 3.42. The maximum Gasteiger partial charge on any atom is 0.416 e. The van der Waals surface area contributed by atoms with E-state index in [1.807, 2.05) is 45.9 Å². The van der Waals surface area contributed by atoms with E-state index in [4.69, 9.17) is 0 Å². The van der Waals surface area contributed by atoms with Crippen LogP contribution in [0.25, 0.3) is 16.9 Å². The minimum Gasteiger partial charge on any atom is -0.481 e. The average molecular weight is 641 g/mol. The van der Waals surface area contributed by atoms with E-state index in [1.54, 1.807) is 31.3 Å². The van der Waals surface area contributed by atoms with Gasteiger partial charge >= 0.3 is 12.1 Å². The smallest absolute Gasteiger partial charge is 0.416 e. The number of hydrogen-bond donors (Lipinski definition) is 2. The highest BCUT2D eigenvalue weighted by Gasteiger charge is 2.36. The Balaban J connectivity index is 1.82. The number of nitrogens with one attached hydrogen (secondary N) is 1. The molecule has 0 radical (unpaired) electrons. The number of likely N-dealkylation sites (N-methyl/N-ethyl adjacent to an activating group) is 1. The standard InChI is InChI=1S/C33H39F3N6O4/c1-19(2)14-27(41-18-22(10-12-40(5)6)24(16-28(41)43)33(34,35)36)32(46)38-25(17-29(44)45)23-15-26(39-42-13-11-37-31(23)42)30-20(3)8-7-9-21(30)4/h7-9,11,13,15-16,18-19,25,27H,10,12,14,17H2,1-6H3,(H,38,46)(H,44,45)/t25-,27-/m0/s1. The lowest BCUT2D eigenvalue weighted by Gasteiger charge is -2.26. The number of alkyl halides is 3. The number of amides is 1. The van der Waals surface area contributed by atoms with Crippen molar-refractivity contribution in [2.75, 3.05) is 20.6 Å². The summed E-state index contributed by atoms with van der Waals surface area (Å²) >= 11 is 0. The molecule has 246 valence electrons. The molecule has 1 amide bonds. The first-order valence-corrected chi connectivity index (χ1v) is 15.0. The molecule has 0 saturated heterocycles. The van der Waals surface area contributed by atoms with Crippen LogP contribution in [-0.4, -0.2) is 61.7 Å². The van der Waals surface area contributed by atoms with Crippen LogP contribution >= 0.6 is 0 Å². The summed E-state index contributed by atoms with van der Waals surface area (Å²) in [6.07, 6.45) is -0.914. The number of fused-ring (bicyclic) bond motifs is 1. The van der Waals surface area contributed by atoms with E-state index in [9.17, 15) is 32.7 Å². The zero-order valence-electron chi connectivity index (χ0n) is 26.7. The van der Waals surface area contributed by atoms with E-state index in [0.717, 1.165) is 27.5 Å². The summed E-state index contributed by atoms with van der Waals surface area (Å²) in [4.78, 5) is 45.5.